The molecule has 4 nitrogen and oxygen atoms in total. The van der Waals surface area contributed by atoms with Crippen LogP contribution in [0.5, 0.6) is 5.75 Å². The van der Waals surface area contributed by atoms with Crippen molar-refractivity contribution in [3.05, 3.63) is 64.7 Å². The van der Waals surface area contributed by atoms with E-state index >= 15 is 0 Å². The summed E-state index contributed by atoms with van der Waals surface area (Å²) in [5.41, 5.74) is 1.18. The second-order valence-electron chi connectivity index (χ2n) is 6.22. The van der Waals surface area contributed by atoms with Gasteiger partial charge in [-0.05, 0) is 43.0 Å². The molecule has 0 radical (unpaired) electrons. The van der Waals surface area contributed by atoms with Crippen molar-refractivity contribution in [1.29, 1.82) is 0 Å². The molecule has 26 heavy (non-hydrogen) atoms. The maximum absolute atomic E-state index is 12.9. The fourth-order valence-corrected chi connectivity index (χ4v) is 3.45. The minimum atomic E-state index is -1.00. The number of ether oxygens (including phenoxy) is 1. The van der Waals surface area contributed by atoms with Gasteiger partial charge in [-0.2, -0.15) is 0 Å². The fourth-order valence-electron chi connectivity index (χ4n) is 3.24. The van der Waals surface area contributed by atoms with Gasteiger partial charge in [0.05, 0.1) is 5.56 Å². The number of ketones is 2. The molecule has 2 unspecified atom stereocenters. The summed E-state index contributed by atoms with van der Waals surface area (Å²) in [5.74, 6) is -2.22. The van der Waals surface area contributed by atoms with E-state index in [1.807, 2.05) is 18.2 Å². The zero-order valence-electron chi connectivity index (χ0n) is 14.7. The Balaban J connectivity index is 0.00000243. The van der Waals surface area contributed by atoms with Gasteiger partial charge in [0.2, 0.25) is 0 Å². The van der Waals surface area contributed by atoms with E-state index in [2.05, 4.69) is 0 Å². The van der Waals surface area contributed by atoms with Crippen LogP contribution in [0.1, 0.15) is 29.3 Å². The first-order valence-corrected chi connectivity index (χ1v) is 8.43. The second-order valence-corrected chi connectivity index (χ2v) is 6.63. The number of hydrogen-bond donors (Lipinski definition) is 0. The molecule has 0 aromatic heterocycles. The molecular weight excluding hydrogens is 363 g/mol. The van der Waals surface area contributed by atoms with Gasteiger partial charge in [0.25, 0.3) is 0 Å². The predicted molar refractivity (Wildman–Crippen MR) is 93.8 cm³/mol. The van der Waals surface area contributed by atoms with Crippen LogP contribution < -0.4 is 34.3 Å². The summed E-state index contributed by atoms with van der Waals surface area (Å²) < 4.78 is 5.34. The molecule has 0 spiro atoms. The minimum Gasteiger partial charge on any atom is -0.425 e. The number of fused-ring (bicyclic) bond motifs is 1. The Hall–Kier alpha value is -1.46. The van der Waals surface area contributed by atoms with Crippen LogP contribution in [0.3, 0.4) is 0 Å². The van der Waals surface area contributed by atoms with Crippen molar-refractivity contribution in [2.24, 2.45) is 11.8 Å². The van der Waals surface area contributed by atoms with Crippen molar-refractivity contribution in [3.8, 4) is 5.75 Å². The van der Waals surface area contributed by atoms with Crippen LogP contribution in [0.15, 0.2) is 48.5 Å². The Kier molecular flexibility index (Phi) is 7.18. The summed E-state index contributed by atoms with van der Waals surface area (Å²) in [5, 5.41) is 0.549. The second kappa shape index (κ2) is 8.96. The number of para-hydroxylation sites is 1. The smallest absolute Gasteiger partial charge is 0.425 e. The number of rotatable bonds is 5. The summed E-state index contributed by atoms with van der Waals surface area (Å²) in [6, 6.07) is 13.9. The van der Waals surface area contributed by atoms with E-state index in [1.54, 1.807) is 30.3 Å². The average molecular weight is 380 g/mol. The first-order valence-electron chi connectivity index (χ1n) is 8.05. The predicted octanol–water partition coefficient (Wildman–Crippen LogP) is 0.900. The van der Waals surface area contributed by atoms with Gasteiger partial charge >= 0.3 is 35.5 Å². The van der Waals surface area contributed by atoms with Crippen molar-refractivity contribution in [2.45, 2.75) is 19.8 Å². The van der Waals surface area contributed by atoms with Gasteiger partial charge < -0.3 is 9.53 Å². The fraction of sp³-hybridized carbons (Fsp3) is 0.250. The number of halogens is 1. The molecule has 0 amide bonds. The van der Waals surface area contributed by atoms with E-state index in [4.69, 9.17) is 16.3 Å². The molecule has 1 aliphatic heterocycles. The van der Waals surface area contributed by atoms with Crippen LogP contribution >= 0.6 is 11.6 Å². The number of carbonyl (C=O) groups is 3. The third-order valence-corrected chi connectivity index (χ3v) is 4.73. The molecule has 0 aliphatic carbocycles. The van der Waals surface area contributed by atoms with Gasteiger partial charge in [0.1, 0.15) is 17.5 Å². The van der Waals surface area contributed by atoms with Crippen molar-refractivity contribution in [2.75, 3.05) is 0 Å². The Morgan fingerprint density at radius 1 is 1.12 bits per heavy atom. The van der Waals surface area contributed by atoms with Crippen LogP contribution in [0.25, 0.3) is 0 Å². The number of hydrogen-bond acceptors (Lipinski definition) is 4. The molecule has 2 aromatic carbocycles. The summed E-state index contributed by atoms with van der Waals surface area (Å²) in [6.45, 7) is 1.45. The molecule has 0 N–H and O–H groups in total. The van der Waals surface area contributed by atoms with Crippen LogP contribution in [-0.4, -0.2) is 17.5 Å². The van der Waals surface area contributed by atoms with Crippen LogP contribution in [-0.2, 0) is 16.0 Å². The van der Waals surface area contributed by atoms with Gasteiger partial charge in [-0.1, -0.05) is 41.9 Å². The van der Waals surface area contributed by atoms with E-state index in [9.17, 15) is 14.4 Å². The molecule has 1 aliphatic rings. The number of esters is 1. The first kappa shape index (κ1) is 20.8. The number of benzene rings is 2. The SMILES string of the molecule is CC(=O)CC(Cc1ccccc1Cl)C1C(=O)Oc2ccccc2C1=O.[Na+]. The van der Waals surface area contributed by atoms with E-state index in [0.29, 0.717) is 17.0 Å². The molecule has 1 heterocycles. The van der Waals surface area contributed by atoms with E-state index in [-0.39, 0.29) is 53.3 Å². The quantitative estimate of drug-likeness (QED) is 0.335. The van der Waals surface area contributed by atoms with Crippen molar-refractivity contribution < 1.29 is 48.7 Å². The third kappa shape index (κ3) is 4.44. The van der Waals surface area contributed by atoms with Gasteiger partial charge in [-0.25, -0.2) is 0 Å². The molecule has 2 atom stereocenters. The molecule has 3 rings (SSSR count). The van der Waals surface area contributed by atoms with E-state index < -0.39 is 17.8 Å². The molecule has 0 saturated heterocycles. The third-order valence-electron chi connectivity index (χ3n) is 4.36. The maximum Gasteiger partial charge on any atom is 1.00 e. The van der Waals surface area contributed by atoms with Crippen LogP contribution in [0.2, 0.25) is 5.02 Å². The van der Waals surface area contributed by atoms with Crippen LogP contribution in [0, 0.1) is 11.8 Å². The maximum atomic E-state index is 12.9. The van der Waals surface area contributed by atoms with E-state index in [0.717, 1.165) is 5.56 Å². The summed E-state index contributed by atoms with van der Waals surface area (Å²) >= 11 is 6.21. The monoisotopic (exact) mass is 379 g/mol. The Morgan fingerprint density at radius 2 is 1.77 bits per heavy atom. The summed E-state index contributed by atoms with van der Waals surface area (Å²) in [6.07, 6.45) is 0.464. The average Bonchev–Trinajstić information content (AvgIpc) is 2.56. The zero-order chi connectivity index (χ0) is 18.0. The van der Waals surface area contributed by atoms with Crippen molar-refractivity contribution in [3.63, 3.8) is 0 Å². The molecule has 6 heteroatoms. The molecule has 2 aromatic rings. The summed E-state index contributed by atoms with van der Waals surface area (Å²) in [7, 11) is 0. The van der Waals surface area contributed by atoms with Crippen LogP contribution in [0.4, 0.5) is 0 Å². The first-order chi connectivity index (χ1) is 12.0. The molecular formula is C20H17ClNaO4+. The van der Waals surface area contributed by atoms with Gasteiger partial charge in [0, 0.05) is 11.4 Å². The normalized spacial score (nSPS) is 16.9. The molecule has 0 bridgehead atoms. The topological polar surface area (TPSA) is 60.4 Å². The molecule has 0 saturated carbocycles. The van der Waals surface area contributed by atoms with Gasteiger partial charge in [0.15, 0.2) is 5.78 Å². The standard InChI is InChI=1S/C20H17ClO4.Na/c1-12(22)10-14(11-13-6-2-4-8-16(13)21)18-19(23)15-7-3-5-9-17(15)25-20(18)24;/h2-9,14,18H,10-11H2,1H3;/q;+1. The van der Waals surface area contributed by atoms with Gasteiger partial charge in [-0.15, -0.1) is 0 Å². The summed E-state index contributed by atoms with van der Waals surface area (Å²) in [4.78, 5) is 37.1. The van der Waals surface area contributed by atoms with Gasteiger partial charge in [-0.3, -0.25) is 9.59 Å². The minimum absolute atomic E-state index is 0. The van der Waals surface area contributed by atoms with E-state index in [1.165, 1.54) is 6.92 Å². The molecule has 0 fully saturated rings. The Labute approximate surface area is 179 Å². The Morgan fingerprint density at radius 3 is 2.46 bits per heavy atom. The van der Waals surface area contributed by atoms with Crippen molar-refractivity contribution in [1.82, 2.24) is 0 Å². The molecule has 128 valence electrons. The zero-order valence-corrected chi connectivity index (χ0v) is 17.5. The van der Waals surface area contributed by atoms with Crippen molar-refractivity contribution >= 4 is 29.1 Å². The number of carbonyl (C=O) groups excluding carboxylic acids is 3. The largest absolute Gasteiger partial charge is 1.00 e. The number of Topliss-reactive ketones (excluding diaryl/α,β-unsaturated/α-hetero) is 2. The Bertz CT molecular complexity index is 849.